The van der Waals surface area contributed by atoms with Crippen molar-refractivity contribution < 1.29 is 0 Å². The topological polar surface area (TPSA) is 38.7 Å². The number of thiophene rings is 1. The van der Waals surface area contributed by atoms with E-state index in [4.69, 9.17) is 15.0 Å². The second kappa shape index (κ2) is 10.4. The molecule has 0 spiro atoms. The van der Waals surface area contributed by atoms with Crippen LogP contribution < -0.4 is 0 Å². The molecule has 5 aromatic carbocycles. The number of para-hydroxylation sites is 1. The van der Waals surface area contributed by atoms with E-state index < -0.39 is 0 Å². The monoisotopic (exact) mass is 617 g/mol. The lowest BCUT2D eigenvalue weighted by atomic mass is 9.85. The Balaban J connectivity index is 1.09. The molecule has 0 aliphatic heterocycles. The lowest BCUT2D eigenvalue weighted by Crippen LogP contribution is -2.06. The number of aromatic nitrogens is 3. The summed E-state index contributed by atoms with van der Waals surface area (Å²) in [6.45, 7) is 0. The van der Waals surface area contributed by atoms with Crippen molar-refractivity contribution in [3.8, 4) is 44.2 Å². The van der Waals surface area contributed by atoms with Gasteiger partial charge in [-0.15, -0.1) is 11.3 Å². The van der Waals surface area contributed by atoms with E-state index in [1.165, 1.54) is 37.0 Å². The molecule has 4 aromatic heterocycles. The van der Waals surface area contributed by atoms with Gasteiger partial charge in [0.1, 0.15) is 0 Å². The molecule has 10 rings (SSSR count). The number of benzene rings is 5. The van der Waals surface area contributed by atoms with Gasteiger partial charge in [-0.1, -0.05) is 115 Å². The number of hydrogen-bond acceptors (Lipinski definition) is 4. The summed E-state index contributed by atoms with van der Waals surface area (Å²) in [4.78, 5) is 17.0. The second-order valence-electron chi connectivity index (χ2n) is 12.3. The molecule has 0 saturated heterocycles. The normalized spacial score (nSPS) is 12.5. The van der Waals surface area contributed by atoms with Gasteiger partial charge in [0.05, 0.1) is 33.6 Å². The highest BCUT2D eigenvalue weighted by Gasteiger charge is 2.26. The van der Waals surface area contributed by atoms with Gasteiger partial charge < -0.3 is 0 Å². The lowest BCUT2D eigenvalue weighted by Gasteiger charge is -2.22. The third kappa shape index (κ3) is 4.22. The van der Waals surface area contributed by atoms with Crippen LogP contribution in [0.1, 0.15) is 11.1 Å². The van der Waals surface area contributed by atoms with E-state index in [1.807, 2.05) is 17.4 Å². The Morgan fingerprint density at radius 3 is 1.77 bits per heavy atom. The molecule has 0 saturated carbocycles. The Morgan fingerprint density at radius 2 is 1.02 bits per heavy atom. The van der Waals surface area contributed by atoms with Crippen molar-refractivity contribution in [1.82, 2.24) is 15.0 Å². The Morgan fingerprint density at radius 1 is 0.447 bits per heavy atom. The Labute approximate surface area is 275 Å². The smallest absolute Gasteiger partial charge is 0.0972 e. The predicted octanol–water partition coefficient (Wildman–Crippen LogP) is 11.3. The summed E-state index contributed by atoms with van der Waals surface area (Å²) >= 11 is 1.92. The van der Waals surface area contributed by atoms with E-state index in [0.717, 1.165) is 73.9 Å². The van der Waals surface area contributed by atoms with Crippen LogP contribution >= 0.6 is 11.3 Å². The zero-order valence-electron chi connectivity index (χ0n) is 25.4. The zero-order valence-corrected chi connectivity index (χ0v) is 26.3. The highest BCUT2D eigenvalue weighted by Crippen LogP contribution is 2.48. The summed E-state index contributed by atoms with van der Waals surface area (Å²) in [5.74, 6) is 0. The molecule has 1 aliphatic carbocycles. The highest BCUT2D eigenvalue weighted by atomic mass is 32.1. The fraction of sp³-hybridized carbons (Fsp3) is 0.0465. The van der Waals surface area contributed by atoms with E-state index in [2.05, 4.69) is 133 Å². The van der Waals surface area contributed by atoms with Crippen LogP contribution in [0.15, 0.2) is 140 Å². The van der Waals surface area contributed by atoms with E-state index in [9.17, 15) is 0 Å². The van der Waals surface area contributed by atoms with Crippen LogP contribution in [0.2, 0.25) is 0 Å². The molecule has 0 fully saturated rings. The summed E-state index contributed by atoms with van der Waals surface area (Å²) in [5, 5.41) is 4.81. The third-order valence-electron chi connectivity index (χ3n) is 9.59. The number of rotatable bonds is 3. The quantitative estimate of drug-likeness (QED) is 0.185. The number of pyridine rings is 3. The molecule has 4 heterocycles. The SMILES string of the molecule is c1ccc(-c2ccc3ccc4ccc(-c5ccc(-c6nc7ccccc7c7c6CCc6c-7sc7ccccc67)cc5)nc4c3n2)cc1. The molecule has 220 valence electrons. The molecular formula is C43H27N3S. The summed E-state index contributed by atoms with van der Waals surface area (Å²) in [6.07, 6.45) is 2.02. The fourth-order valence-electron chi connectivity index (χ4n) is 7.29. The van der Waals surface area contributed by atoms with Crippen molar-refractivity contribution in [2.45, 2.75) is 12.8 Å². The molecule has 0 atom stereocenters. The van der Waals surface area contributed by atoms with Crippen LogP contribution in [-0.2, 0) is 12.8 Å². The average molecular weight is 618 g/mol. The van der Waals surface area contributed by atoms with Gasteiger partial charge in [0, 0.05) is 48.0 Å². The maximum Gasteiger partial charge on any atom is 0.0972 e. The van der Waals surface area contributed by atoms with Gasteiger partial charge in [-0.25, -0.2) is 15.0 Å². The summed E-state index contributed by atoms with van der Waals surface area (Å²) in [5.41, 5.74) is 13.4. The summed E-state index contributed by atoms with van der Waals surface area (Å²) < 4.78 is 1.36. The van der Waals surface area contributed by atoms with Crippen LogP contribution in [0.25, 0.3) is 87.0 Å². The predicted molar refractivity (Wildman–Crippen MR) is 197 cm³/mol. The summed E-state index contributed by atoms with van der Waals surface area (Å²) in [7, 11) is 0. The lowest BCUT2D eigenvalue weighted by molar-refractivity contribution is 0.955. The first-order chi connectivity index (χ1) is 23.3. The minimum absolute atomic E-state index is 0.922. The van der Waals surface area contributed by atoms with Crippen molar-refractivity contribution in [3.63, 3.8) is 0 Å². The zero-order chi connectivity index (χ0) is 30.9. The Hall–Kier alpha value is -5.71. The first-order valence-corrected chi connectivity index (χ1v) is 16.9. The van der Waals surface area contributed by atoms with Gasteiger partial charge >= 0.3 is 0 Å². The van der Waals surface area contributed by atoms with Crippen molar-refractivity contribution in [3.05, 3.63) is 151 Å². The van der Waals surface area contributed by atoms with Gasteiger partial charge in [-0.2, -0.15) is 0 Å². The number of fused-ring (bicyclic) bond motifs is 10. The van der Waals surface area contributed by atoms with Crippen LogP contribution in [0.3, 0.4) is 0 Å². The van der Waals surface area contributed by atoms with Gasteiger partial charge in [-0.3, -0.25) is 0 Å². The third-order valence-corrected chi connectivity index (χ3v) is 10.8. The first kappa shape index (κ1) is 26.5. The number of aryl methyl sites for hydroxylation is 1. The van der Waals surface area contributed by atoms with E-state index >= 15 is 0 Å². The fourth-order valence-corrected chi connectivity index (χ4v) is 8.63. The molecule has 0 amide bonds. The molecule has 0 unspecified atom stereocenters. The molecule has 0 N–H and O–H groups in total. The van der Waals surface area contributed by atoms with E-state index in [-0.39, 0.29) is 0 Å². The molecule has 9 aromatic rings. The maximum atomic E-state index is 5.28. The van der Waals surface area contributed by atoms with Crippen LogP contribution in [-0.4, -0.2) is 15.0 Å². The number of hydrogen-bond donors (Lipinski definition) is 0. The van der Waals surface area contributed by atoms with Gasteiger partial charge in [0.25, 0.3) is 0 Å². The minimum Gasteiger partial charge on any atom is -0.247 e. The molecule has 0 radical (unpaired) electrons. The van der Waals surface area contributed by atoms with Crippen LogP contribution in [0, 0.1) is 0 Å². The van der Waals surface area contributed by atoms with Gasteiger partial charge in [0.15, 0.2) is 0 Å². The summed E-state index contributed by atoms with van der Waals surface area (Å²) in [6, 6.07) is 49.4. The second-order valence-corrected chi connectivity index (χ2v) is 13.3. The largest absolute Gasteiger partial charge is 0.247 e. The molecule has 1 aliphatic rings. The number of nitrogens with zero attached hydrogens (tertiary/aromatic N) is 3. The highest BCUT2D eigenvalue weighted by molar-refractivity contribution is 7.22. The van der Waals surface area contributed by atoms with Crippen molar-refractivity contribution in [2.24, 2.45) is 0 Å². The molecular weight excluding hydrogens is 591 g/mol. The average Bonchev–Trinajstić information content (AvgIpc) is 3.53. The molecule has 47 heavy (non-hydrogen) atoms. The molecule has 0 bridgehead atoms. The van der Waals surface area contributed by atoms with Gasteiger partial charge in [-0.05, 0) is 53.6 Å². The van der Waals surface area contributed by atoms with Gasteiger partial charge in [0.2, 0.25) is 0 Å². The standard InChI is InChI=1S/C43H27N3S/c1-2-8-26(9-3-1)35-24-20-29-18-19-30-21-25-36(45-42(30)41(29)44-35)27-14-16-28(17-15-27)40-34-23-22-32-31-10-5-7-13-38(31)47-43(32)39(34)33-11-4-6-12-37(33)46-40/h1-21,24-25H,22-23H2. The van der Waals surface area contributed by atoms with Crippen molar-refractivity contribution >= 4 is 54.1 Å². The van der Waals surface area contributed by atoms with E-state index in [0.29, 0.717) is 0 Å². The minimum atomic E-state index is 0.922. The maximum absolute atomic E-state index is 5.28. The Kier molecular flexibility index (Phi) is 5.87. The van der Waals surface area contributed by atoms with Crippen LogP contribution in [0.4, 0.5) is 0 Å². The van der Waals surface area contributed by atoms with Crippen molar-refractivity contribution in [1.29, 1.82) is 0 Å². The Bertz CT molecular complexity index is 2670. The first-order valence-electron chi connectivity index (χ1n) is 16.1. The van der Waals surface area contributed by atoms with Crippen molar-refractivity contribution in [2.75, 3.05) is 0 Å². The molecule has 3 nitrogen and oxygen atoms in total. The van der Waals surface area contributed by atoms with E-state index in [1.54, 1.807) is 0 Å². The van der Waals surface area contributed by atoms with Crippen LogP contribution in [0.5, 0.6) is 0 Å². The molecule has 4 heteroatoms.